The number of methoxy groups -OCH3 is 1. The zero-order valence-corrected chi connectivity index (χ0v) is 14.4. The summed E-state index contributed by atoms with van der Waals surface area (Å²) in [5.74, 6) is -0.147. The maximum Gasteiger partial charge on any atom is 0.255 e. The van der Waals surface area contributed by atoms with Gasteiger partial charge in [-0.3, -0.25) is 9.59 Å². The van der Waals surface area contributed by atoms with Crippen molar-refractivity contribution in [1.29, 1.82) is 0 Å². The number of anilines is 1. The molecule has 23 heavy (non-hydrogen) atoms. The van der Waals surface area contributed by atoms with Crippen LogP contribution in [0, 0.1) is 0 Å². The number of rotatable bonds is 8. The Bertz CT molecular complexity index is 550. The highest BCUT2D eigenvalue weighted by Crippen LogP contribution is 2.30. The predicted octanol–water partition coefficient (Wildman–Crippen LogP) is 1.44. The molecular weight excluding hydrogens is 322 g/mol. The SMILES string of the molecule is CCCC(C)(N)C(=O)Nc1ccc(OC)c(OCC(N)=O)c1.Cl. The number of amides is 2. The van der Waals surface area contributed by atoms with Crippen molar-refractivity contribution in [2.75, 3.05) is 19.0 Å². The second-order valence-corrected chi connectivity index (χ2v) is 5.24. The van der Waals surface area contributed by atoms with Gasteiger partial charge in [0.1, 0.15) is 0 Å². The average molecular weight is 346 g/mol. The number of carbonyl (C=O) groups excluding carboxylic acids is 2. The second-order valence-electron chi connectivity index (χ2n) is 5.24. The molecule has 7 nitrogen and oxygen atoms in total. The normalized spacial score (nSPS) is 12.5. The minimum atomic E-state index is -0.955. The third-order valence-electron chi connectivity index (χ3n) is 3.08. The summed E-state index contributed by atoms with van der Waals surface area (Å²) in [6, 6.07) is 4.84. The zero-order valence-electron chi connectivity index (χ0n) is 13.5. The molecular formula is C15H24ClN3O4. The number of primary amides is 1. The summed E-state index contributed by atoms with van der Waals surface area (Å²) in [6.07, 6.45) is 1.37. The van der Waals surface area contributed by atoms with E-state index in [0.29, 0.717) is 23.6 Å². The van der Waals surface area contributed by atoms with Gasteiger partial charge in [-0.1, -0.05) is 13.3 Å². The lowest BCUT2D eigenvalue weighted by atomic mass is 9.96. The van der Waals surface area contributed by atoms with E-state index in [-0.39, 0.29) is 24.9 Å². The van der Waals surface area contributed by atoms with Crippen LogP contribution in [0.1, 0.15) is 26.7 Å². The molecule has 0 aliphatic rings. The van der Waals surface area contributed by atoms with Gasteiger partial charge in [0.2, 0.25) is 5.91 Å². The maximum atomic E-state index is 12.2. The molecule has 0 saturated heterocycles. The van der Waals surface area contributed by atoms with Crippen molar-refractivity contribution < 1.29 is 19.1 Å². The molecule has 0 heterocycles. The molecule has 0 bridgehead atoms. The van der Waals surface area contributed by atoms with Crippen molar-refractivity contribution in [2.45, 2.75) is 32.2 Å². The minimum Gasteiger partial charge on any atom is -0.493 e. The maximum absolute atomic E-state index is 12.2. The van der Waals surface area contributed by atoms with Gasteiger partial charge in [0, 0.05) is 11.8 Å². The van der Waals surface area contributed by atoms with E-state index in [2.05, 4.69) is 5.32 Å². The van der Waals surface area contributed by atoms with Gasteiger partial charge in [0.25, 0.3) is 5.91 Å². The van der Waals surface area contributed by atoms with E-state index in [1.807, 2.05) is 6.92 Å². The topological polar surface area (TPSA) is 117 Å². The van der Waals surface area contributed by atoms with Gasteiger partial charge in [-0.2, -0.15) is 0 Å². The fourth-order valence-electron chi connectivity index (χ4n) is 1.92. The molecule has 1 atom stereocenters. The van der Waals surface area contributed by atoms with E-state index in [0.717, 1.165) is 6.42 Å². The molecule has 2 amide bonds. The highest BCUT2D eigenvalue weighted by Gasteiger charge is 2.27. The highest BCUT2D eigenvalue weighted by atomic mass is 35.5. The van der Waals surface area contributed by atoms with Crippen LogP contribution in [-0.2, 0) is 9.59 Å². The lowest BCUT2D eigenvalue weighted by Crippen LogP contribution is -2.48. The summed E-state index contributed by atoms with van der Waals surface area (Å²) < 4.78 is 10.4. The summed E-state index contributed by atoms with van der Waals surface area (Å²) >= 11 is 0. The van der Waals surface area contributed by atoms with Crippen LogP contribution >= 0.6 is 12.4 Å². The van der Waals surface area contributed by atoms with E-state index >= 15 is 0 Å². The molecule has 0 spiro atoms. The van der Waals surface area contributed by atoms with Crippen LogP contribution in [0.2, 0.25) is 0 Å². The van der Waals surface area contributed by atoms with Crippen molar-refractivity contribution in [3.8, 4) is 11.5 Å². The van der Waals surface area contributed by atoms with Crippen molar-refractivity contribution in [1.82, 2.24) is 0 Å². The lowest BCUT2D eigenvalue weighted by molar-refractivity contribution is -0.121. The standard InChI is InChI=1S/C15H23N3O4.ClH/c1-4-7-15(2,17)14(20)18-10-5-6-11(21-3)12(8-10)22-9-13(16)19;/h5-6,8H,4,7,9,17H2,1-3H3,(H2,16,19)(H,18,20);1H. The van der Waals surface area contributed by atoms with Crippen molar-refractivity contribution in [2.24, 2.45) is 11.5 Å². The predicted molar refractivity (Wildman–Crippen MR) is 91.1 cm³/mol. The van der Waals surface area contributed by atoms with Crippen LogP contribution < -0.4 is 26.3 Å². The van der Waals surface area contributed by atoms with Gasteiger partial charge in [-0.25, -0.2) is 0 Å². The molecule has 1 rings (SSSR count). The fraction of sp³-hybridized carbons (Fsp3) is 0.467. The molecule has 5 N–H and O–H groups in total. The molecule has 1 unspecified atom stereocenters. The summed E-state index contributed by atoms with van der Waals surface area (Å²) in [5, 5.41) is 2.73. The largest absolute Gasteiger partial charge is 0.493 e. The van der Waals surface area contributed by atoms with Gasteiger partial charge in [0.05, 0.1) is 12.6 Å². The Hall–Kier alpha value is -1.99. The molecule has 0 aliphatic heterocycles. The van der Waals surface area contributed by atoms with Gasteiger partial charge >= 0.3 is 0 Å². The fourth-order valence-corrected chi connectivity index (χ4v) is 1.92. The van der Waals surface area contributed by atoms with Crippen LogP contribution in [0.15, 0.2) is 18.2 Å². The number of ether oxygens (including phenoxy) is 2. The second kappa shape index (κ2) is 9.22. The van der Waals surface area contributed by atoms with Gasteiger partial charge in [-0.05, 0) is 25.5 Å². The third kappa shape index (κ3) is 6.33. The van der Waals surface area contributed by atoms with Crippen molar-refractivity contribution >= 4 is 29.9 Å². The van der Waals surface area contributed by atoms with E-state index in [1.165, 1.54) is 7.11 Å². The third-order valence-corrected chi connectivity index (χ3v) is 3.08. The van der Waals surface area contributed by atoms with E-state index in [1.54, 1.807) is 25.1 Å². The number of halogens is 1. The Labute approximate surface area is 142 Å². The first-order valence-electron chi connectivity index (χ1n) is 6.99. The quantitative estimate of drug-likeness (QED) is 0.659. The minimum absolute atomic E-state index is 0. The lowest BCUT2D eigenvalue weighted by Gasteiger charge is -2.23. The number of hydrogen-bond donors (Lipinski definition) is 3. The highest BCUT2D eigenvalue weighted by molar-refractivity contribution is 5.97. The Kier molecular flexibility index (Phi) is 8.42. The van der Waals surface area contributed by atoms with E-state index in [9.17, 15) is 9.59 Å². The first-order valence-corrected chi connectivity index (χ1v) is 6.99. The summed E-state index contributed by atoms with van der Waals surface area (Å²) in [6.45, 7) is 3.36. The van der Waals surface area contributed by atoms with Crippen LogP contribution in [0.3, 0.4) is 0 Å². The monoisotopic (exact) mass is 345 g/mol. The number of nitrogens with one attached hydrogen (secondary N) is 1. The van der Waals surface area contributed by atoms with Crippen molar-refractivity contribution in [3.05, 3.63) is 18.2 Å². The van der Waals surface area contributed by atoms with Gasteiger partial charge in [-0.15, -0.1) is 12.4 Å². The molecule has 130 valence electrons. The van der Waals surface area contributed by atoms with Crippen LogP contribution in [0.4, 0.5) is 5.69 Å². The smallest absolute Gasteiger partial charge is 0.255 e. The van der Waals surface area contributed by atoms with Crippen molar-refractivity contribution in [3.63, 3.8) is 0 Å². The van der Waals surface area contributed by atoms with Crippen LogP contribution in [0.5, 0.6) is 11.5 Å². The number of carbonyl (C=O) groups is 2. The first-order chi connectivity index (χ1) is 10.3. The Balaban J connectivity index is 0.00000484. The Morgan fingerprint density at radius 3 is 2.48 bits per heavy atom. The van der Waals surface area contributed by atoms with Gasteiger partial charge < -0.3 is 26.3 Å². The van der Waals surface area contributed by atoms with E-state index < -0.39 is 11.4 Å². The van der Waals surface area contributed by atoms with Gasteiger partial charge in [0.15, 0.2) is 18.1 Å². The van der Waals surface area contributed by atoms with Crippen LogP contribution in [0.25, 0.3) is 0 Å². The molecule has 0 saturated carbocycles. The number of benzene rings is 1. The Morgan fingerprint density at radius 2 is 1.96 bits per heavy atom. The molecule has 0 radical (unpaired) electrons. The summed E-state index contributed by atoms with van der Waals surface area (Å²) in [5.41, 5.74) is 10.6. The van der Waals surface area contributed by atoms with Crippen LogP contribution in [-0.4, -0.2) is 31.1 Å². The molecule has 0 fully saturated rings. The molecule has 1 aromatic rings. The number of nitrogens with two attached hydrogens (primary N) is 2. The molecule has 0 aromatic heterocycles. The summed E-state index contributed by atoms with van der Waals surface area (Å²) in [4.78, 5) is 23.0. The first kappa shape index (κ1) is 21.0. The molecule has 0 aliphatic carbocycles. The number of hydrogen-bond acceptors (Lipinski definition) is 5. The summed E-state index contributed by atoms with van der Waals surface area (Å²) in [7, 11) is 1.48. The van der Waals surface area contributed by atoms with E-state index in [4.69, 9.17) is 20.9 Å². The molecule has 1 aromatic carbocycles. The average Bonchev–Trinajstić information content (AvgIpc) is 2.45. The Morgan fingerprint density at radius 1 is 1.30 bits per heavy atom. The zero-order chi connectivity index (χ0) is 16.8. The molecule has 8 heteroatoms.